The van der Waals surface area contributed by atoms with Gasteiger partial charge >= 0.3 is 37.4 Å². The first-order valence-electron chi connectivity index (χ1n) is 1.19. The molecule has 6 heavy (non-hydrogen) atoms. The standard InChI is InChI=1S/Al.FH.Li.O2P.2H/c;;;1-3-2;;/h;1H;;;;/q;;+1;;;/p-1. The van der Waals surface area contributed by atoms with Crippen molar-refractivity contribution in [2.24, 2.45) is 0 Å². The normalized spacial score (nSPS) is 5.17. The molecule has 0 atom stereocenters. The van der Waals surface area contributed by atoms with Gasteiger partial charge in [0.15, 0.2) is 6.33 Å². The van der Waals surface area contributed by atoms with Crippen LogP contribution in [-0.4, -0.2) is 34.0 Å². The molecule has 0 fully saturated rings. The number of hydrogen-bond acceptors (Lipinski definition) is 2. The molecule has 0 radical (unpaired) electrons. The van der Waals surface area contributed by atoms with Crippen LogP contribution in [0.15, 0.2) is 0 Å². The van der Waals surface area contributed by atoms with Crippen molar-refractivity contribution in [3.8, 4) is 0 Å². The maximum absolute atomic E-state index is 9.50. The van der Waals surface area contributed by atoms with E-state index in [-0.39, 0.29) is 0 Å². The van der Waals surface area contributed by atoms with E-state index in [0.717, 1.165) is 0 Å². The van der Waals surface area contributed by atoms with E-state index in [1.54, 1.807) is 0 Å². The fourth-order valence-corrected chi connectivity index (χ4v) is 0. The molecule has 0 heterocycles. The minimum absolute atomic E-state index is 0.302. The monoisotopic (exact) mass is 118 g/mol. The Labute approximate surface area is 53.1 Å². The van der Waals surface area contributed by atoms with Crippen LogP contribution in [-0.2, 0) is 9.13 Å². The van der Waals surface area contributed by atoms with Crippen LogP contribution < -0.4 is 0 Å². The zero-order chi connectivity index (χ0) is 5.58. The second kappa shape index (κ2) is 9.35. The van der Waals surface area contributed by atoms with E-state index in [0.29, 0.717) is 34.0 Å². The summed E-state index contributed by atoms with van der Waals surface area (Å²) in [6.07, 6.45) is -1.98. The van der Waals surface area contributed by atoms with E-state index < -0.39 is 6.33 Å². The molecule has 0 bridgehead atoms. The minimum atomic E-state index is -1.98. The zero-order valence-corrected chi connectivity index (χ0v) is 6.54. The molecule has 0 aromatic rings. The van der Waals surface area contributed by atoms with Crippen LogP contribution in [0, 0.1) is 0 Å². The van der Waals surface area contributed by atoms with E-state index in [4.69, 9.17) is 9.13 Å². The Hall–Kier alpha value is 0.960. The Morgan fingerprint density at radius 3 is 1.50 bits per heavy atom. The van der Waals surface area contributed by atoms with Gasteiger partial charge in [-0.2, -0.15) is 0 Å². The summed E-state index contributed by atoms with van der Waals surface area (Å²) in [4.78, 5) is 0. The van der Waals surface area contributed by atoms with Gasteiger partial charge in [0.1, 0.15) is 0 Å². The molecule has 0 unspecified atom stereocenters. The zero-order valence-electron chi connectivity index (χ0n) is 3.64. The predicted molar refractivity (Wildman–Crippen MR) is 23.7 cm³/mol. The van der Waals surface area contributed by atoms with Crippen molar-refractivity contribution in [3.05, 3.63) is 0 Å². The van der Waals surface area contributed by atoms with Crippen LogP contribution >= 0.6 is 6.33 Å². The van der Waals surface area contributed by atoms with Gasteiger partial charge in [-0.3, -0.25) is 9.13 Å². The molecule has 0 aromatic heterocycles. The molecule has 0 saturated carbocycles. The Kier molecular flexibility index (Phi) is 15.7. The quantitative estimate of drug-likeness (QED) is 0.324. The van der Waals surface area contributed by atoms with Crippen LogP contribution in [0.1, 0.15) is 0 Å². The van der Waals surface area contributed by atoms with Gasteiger partial charge in [-0.25, -0.2) is 0 Å². The molecule has 0 rings (SSSR count). The number of hydrogen-bond donors (Lipinski definition) is 0. The predicted octanol–water partition coefficient (Wildman–Crippen LogP) is -0.253. The summed E-state index contributed by atoms with van der Waals surface area (Å²) in [5.74, 6) is 0. The van der Waals surface area contributed by atoms with E-state index >= 15 is 0 Å². The molecule has 0 aliphatic carbocycles. The number of halogens is 1. The summed E-state index contributed by atoms with van der Waals surface area (Å²) < 4.78 is 27.7. The van der Waals surface area contributed by atoms with Gasteiger partial charge < -0.3 is 0 Å². The summed E-state index contributed by atoms with van der Waals surface area (Å²) in [6.45, 7) is 0. The van der Waals surface area contributed by atoms with Gasteiger partial charge in [0.2, 0.25) is 0 Å². The Bertz CT molecular complexity index is 61.9. The van der Waals surface area contributed by atoms with Crippen molar-refractivity contribution >= 4 is 40.4 Å². The summed E-state index contributed by atoms with van der Waals surface area (Å²) in [6, 6.07) is 0. The molecular formula is H2AlFLiO2P. The van der Waals surface area contributed by atoms with Crippen LogP contribution in [0.25, 0.3) is 0 Å². The molecule has 6 heteroatoms. The molecule has 0 N–H and O–H groups in total. The summed E-state index contributed by atoms with van der Waals surface area (Å²) >= 11 is 0.802. The topological polar surface area (TPSA) is 34.1 Å². The molecule has 0 aromatic carbocycles. The van der Waals surface area contributed by atoms with E-state index in [1.807, 2.05) is 0 Å². The first-order valence-corrected chi connectivity index (χ1v) is 5.50. The molecule has 2 nitrogen and oxygen atoms in total. The Morgan fingerprint density at radius 2 is 1.50 bits per heavy atom. The summed E-state index contributed by atoms with van der Waals surface area (Å²) in [5, 5.41) is 0. The van der Waals surface area contributed by atoms with Crippen molar-refractivity contribution in [2.75, 3.05) is 0 Å². The second-order valence-corrected chi connectivity index (χ2v) is 3.51. The maximum atomic E-state index is 9.50. The van der Waals surface area contributed by atoms with Crippen molar-refractivity contribution < 1.29 is 12.5 Å². The molecule has 0 aliphatic rings. The van der Waals surface area contributed by atoms with Gasteiger partial charge in [-0.1, -0.05) is 0 Å². The van der Waals surface area contributed by atoms with Crippen LogP contribution in [0.4, 0.5) is 3.38 Å². The Balaban J connectivity index is 0. The van der Waals surface area contributed by atoms with Crippen molar-refractivity contribution in [1.29, 1.82) is 0 Å². The third-order valence-corrected chi connectivity index (χ3v) is 0. The molecule has 30 valence electrons. The van der Waals surface area contributed by atoms with Gasteiger partial charge in [-0.15, -0.1) is 0 Å². The van der Waals surface area contributed by atoms with Crippen LogP contribution in [0.2, 0.25) is 0 Å². The van der Waals surface area contributed by atoms with Crippen LogP contribution in [0.5, 0.6) is 0 Å². The average molecular weight is 118 g/mol. The van der Waals surface area contributed by atoms with Crippen LogP contribution in [0.3, 0.4) is 0 Å². The number of rotatable bonds is 0. The SMILES string of the molecule is O=[P](=O)[AlH2].[Li][F]. The van der Waals surface area contributed by atoms with Gasteiger partial charge in [0.25, 0.3) is 0 Å². The van der Waals surface area contributed by atoms with E-state index in [1.165, 1.54) is 0 Å². The van der Waals surface area contributed by atoms with Crippen molar-refractivity contribution in [1.82, 2.24) is 0 Å². The molecule has 0 saturated heterocycles. The molecule has 0 spiro atoms. The Morgan fingerprint density at radius 1 is 1.50 bits per heavy atom. The third-order valence-electron chi connectivity index (χ3n) is 0. The van der Waals surface area contributed by atoms with Gasteiger partial charge in [0, 0.05) is 0 Å². The first kappa shape index (κ1) is 10.0. The molecular weight excluding hydrogens is 116 g/mol. The van der Waals surface area contributed by atoms with Gasteiger partial charge in [0.05, 0.1) is 0 Å². The van der Waals surface area contributed by atoms with E-state index in [9.17, 15) is 3.38 Å². The van der Waals surface area contributed by atoms with E-state index in [2.05, 4.69) is 0 Å². The second-order valence-electron chi connectivity index (χ2n) is 0.440. The summed E-state index contributed by atoms with van der Waals surface area (Å²) in [5.41, 5.74) is 0. The summed E-state index contributed by atoms with van der Waals surface area (Å²) in [7, 11) is 0. The molecule has 0 amide bonds. The average Bonchev–Trinajstić information content (AvgIpc) is 1.41. The van der Waals surface area contributed by atoms with Crippen molar-refractivity contribution in [3.63, 3.8) is 0 Å². The first-order chi connectivity index (χ1) is 2.73. The van der Waals surface area contributed by atoms with Gasteiger partial charge in [-0.05, 0) is 0 Å². The third kappa shape index (κ3) is 84.4. The van der Waals surface area contributed by atoms with Crippen molar-refractivity contribution in [2.45, 2.75) is 0 Å². The fraction of sp³-hybridized carbons (Fsp3) is 0. The fourth-order valence-electron chi connectivity index (χ4n) is 0. The molecule has 0 aliphatic heterocycles.